The highest BCUT2D eigenvalue weighted by molar-refractivity contribution is 6.16. The molecule has 0 N–H and O–H groups in total. The summed E-state index contributed by atoms with van der Waals surface area (Å²) in [5.74, 6) is 0. The van der Waals surface area contributed by atoms with E-state index in [0.29, 0.717) is 6.01 Å². The van der Waals surface area contributed by atoms with Gasteiger partial charge in [0.25, 0.3) is 0 Å². The molecule has 2 heterocycles. The molecule has 0 aliphatic carbocycles. The number of hydrogen-bond acceptors (Lipinski definition) is 3. The molecule has 9 aromatic rings. The Kier molecular flexibility index (Phi) is 5.78. The summed E-state index contributed by atoms with van der Waals surface area (Å²) in [5.41, 5.74) is 9.30. The second-order valence-electron chi connectivity index (χ2n) is 11.2. The van der Waals surface area contributed by atoms with E-state index in [4.69, 9.17) is 9.40 Å². The van der Waals surface area contributed by atoms with Gasteiger partial charge in [0.15, 0.2) is 5.58 Å². The first-order valence-corrected chi connectivity index (χ1v) is 15.1. The van der Waals surface area contributed by atoms with Crippen LogP contribution in [0.2, 0.25) is 0 Å². The molecule has 0 radical (unpaired) electrons. The van der Waals surface area contributed by atoms with Gasteiger partial charge in [-0.2, -0.15) is 4.98 Å². The Bertz CT molecular complexity index is 2480. The van der Waals surface area contributed by atoms with Gasteiger partial charge in [-0.25, -0.2) is 0 Å². The van der Waals surface area contributed by atoms with Crippen molar-refractivity contribution in [2.24, 2.45) is 0 Å². The summed E-state index contributed by atoms with van der Waals surface area (Å²) in [7, 11) is 0. The van der Waals surface area contributed by atoms with Gasteiger partial charge in [0.05, 0.1) is 22.4 Å². The maximum absolute atomic E-state index is 6.73. The summed E-state index contributed by atoms with van der Waals surface area (Å²) < 4.78 is 9.07. The van der Waals surface area contributed by atoms with E-state index in [0.717, 1.165) is 60.9 Å². The van der Waals surface area contributed by atoms with E-state index in [2.05, 4.69) is 155 Å². The number of nitrogens with zero attached hydrogens (tertiary/aromatic N) is 3. The Labute approximate surface area is 260 Å². The SMILES string of the molecule is c1ccc(-c2ccc(N(c3nc4ccc5ccccc5c4o3)c3cccc4c3c3ccccc3n4-c3ccccc3)cc2)cc1. The van der Waals surface area contributed by atoms with Crippen LogP contribution in [0.15, 0.2) is 168 Å². The van der Waals surface area contributed by atoms with Gasteiger partial charge < -0.3 is 8.98 Å². The minimum atomic E-state index is 0.526. The largest absolute Gasteiger partial charge is 0.422 e. The van der Waals surface area contributed by atoms with E-state index in [1.807, 2.05) is 18.2 Å². The van der Waals surface area contributed by atoms with Crippen LogP contribution in [0.25, 0.3) is 60.5 Å². The van der Waals surface area contributed by atoms with Crippen LogP contribution in [0.3, 0.4) is 0 Å². The van der Waals surface area contributed by atoms with E-state index < -0.39 is 0 Å². The van der Waals surface area contributed by atoms with E-state index in [1.165, 1.54) is 10.9 Å². The van der Waals surface area contributed by atoms with Gasteiger partial charge in [-0.15, -0.1) is 0 Å². The zero-order valence-electron chi connectivity index (χ0n) is 24.3. The summed E-state index contributed by atoms with van der Waals surface area (Å²) >= 11 is 0. The molecule has 0 spiro atoms. The molecule has 0 atom stereocenters. The lowest BCUT2D eigenvalue weighted by Gasteiger charge is -2.22. The first-order valence-electron chi connectivity index (χ1n) is 15.1. The molecule has 9 rings (SSSR count). The Morgan fingerprint density at radius 2 is 1.18 bits per heavy atom. The van der Waals surface area contributed by atoms with E-state index >= 15 is 0 Å². The quantitative estimate of drug-likeness (QED) is 0.204. The van der Waals surface area contributed by atoms with Gasteiger partial charge >= 0.3 is 6.01 Å². The molecule has 0 unspecified atom stereocenters. The molecule has 0 aliphatic heterocycles. The van der Waals surface area contributed by atoms with Gasteiger partial charge in [0.1, 0.15) is 5.52 Å². The second kappa shape index (κ2) is 10.2. The molecule has 212 valence electrons. The first kappa shape index (κ1) is 25.4. The number of para-hydroxylation sites is 2. The maximum atomic E-state index is 6.73. The van der Waals surface area contributed by atoms with Crippen molar-refractivity contribution in [1.29, 1.82) is 0 Å². The number of rotatable bonds is 5. The molecule has 4 nitrogen and oxygen atoms in total. The Morgan fingerprint density at radius 1 is 0.511 bits per heavy atom. The lowest BCUT2D eigenvalue weighted by molar-refractivity contribution is 0.611. The van der Waals surface area contributed by atoms with Gasteiger partial charge in [-0.3, -0.25) is 4.90 Å². The van der Waals surface area contributed by atoms with Gasteiger partial charge in [0.2, 0.25) is 0 Å². The average Bonchev–Trinajstić information content (AvgIpc) is 3.70. The molecule has 7 aromatic carbocycles. The van der Waals surface area contributed by atoms with Crippen molar-refractivity contribution < 1.29 is 4.42 Å². The van der Waals surface area contributed by atoms with Gasteiger partial charge in [0, 0.05) is 21.8 Å². The van der Waals surface area contributed by atoms with E-state index in [9.17, 15) is 0 Å². The van der Waals surface area contributed by atoms with Crippen LogP contribution in [0.1, 0.15) is 0 Å². The van der Waals surface area contributed by atoms with Crippen molar-refractivity contribution in [2.75, 3.05) is 4.90 Å². The lowest BCUT2D eigenvalue weighted by Crippen LogP contribution is -2.10. The Balaban J connectivity index is 1.32. The third-order valence-corrected chi connectivity index (χ3v) is 8.62. The predicted molar refractivity (Wildman–Crippen MR) is 186 cm³/mol. The average molecular weight is 578 g/mol. The second-order valence-corrected chi connectivity index (χ2v) is 11.2. The zero-order chi connectivity index (χ0) is 29.7. The van der Waals surface area contributed by atoms with Crippen molar-refractivity contribution >= 4 is 61.1 Å². The van der Waals surface area contributed by atoms with Crippen molar-refractivity contribution in [3.63, 3.8) is 0 Å². The number of anilines is 3. The van der Waals surface area contributed by atoms with Crippen LogP contribution < -0.4 is 4.90 Å². The third-order valence-electron chi connectivity index (χ3n) is 8.62. The van der Waals surface area contributed by atoms with Gasteiger partial charge in [-0.1, -0.05) is 115 Å². The minimum absolute atomic E-state index is 0.526. The molecule has 0 saturated heterocycles. The van der Waals surface area contributed by atoms with Crippen molar-refractivity contribution in [2.45, 2.75) is 0 Å². The smallest absolute Gasteiger partial charge is 0.307 e. The fourth-order valence-electron chi connectivity index (χ4n) is 6.57. The van der Waals surface area contributed by atoms with E-state index in [-0.39, 0.29) is 0 Å². The molecular weight excluding hydrogens is 550 g/mol. The number of benzene rings is 7. The highest BCUT2D eigenvalue weighted by Gasteiger charge is 2.24. The number of aromatic nitrogens is 2. The van der Waals surface area contributed by atoms with Crippen LogP contribution in [0, 0.1) is 0 Å². The van der Waals surface area contributed by atoms with Crippen LogP contribution in [0.4, 0.5) is 17.4 Å². The Hall–Kier alpha value is -6.13. The van der Waals surface area contributed by atoms with Crippen molar-refractivity contribution in [1.82, 2.24) is 9.55 Å². The predicted octanol–water partition coefficient (Wildman–Crippen LogP) is 11.2. The van der Waals surface area contributed by atoms with Crippen LogP contribution in [0.5, 0.6) is 0 Å². The van der Waals surface area contributed by atoms with E-state index in [1.54, 1.807) is 0 Å². The molecule has 0 fully saturated rings. The highest BCUT2D eigenvalue weighted by Crippen LogP contribution is 2.44. The summed E-state index contributed by atoms with van der Waals surface area (Å²) in [6.07, 6.45) is 0. The summed E-state index contributed by atoms with van der Waals surface area (Å²) in [5, 5.41) is 4.47. The molecule has 4 heteroatoms. The maximum Gasteiger partial charge on any atom is 0.307 e. The minimum Gasteiger partial charge on any atom is -0.422 e. The summed E-state index contributed by atoms with van der Waals surface area (Å²) in [6.45, 7) is 0. The summed E-state index contributed by atoms with van der Waals surface area (Å²) in [6, 6.07) is 57.7. The fourth-order valence-corrected chi connectivity index (χ4v) is 6.57. The van der Waals surface area contributed by atoms with Crippen molar-refractivity contribution in [3.05, 3.63) is 164 Å². The summed E-state index contributed by atoms with van der Waals surface area (Å²) in [4.78, 5) is 7.26. The monoisotopic (exact) mass is 577 g/mol. The lowest BCUT2D eigenvalue weighted by atomic mass is 10.0. The van der Waals surface area contributed by atoms with Crippen LogP contribution >= 0.6 is 0 Å². The molecule has 45 heavy (non-hydrogen) atoms. The molecule has 2 aromatic heterocycles. The molecule has 0 bridgehead atoms. The first-order chi connectivity index (χ1) is 22.3. The number of fused-ring (bicyclic) bond motifs is 6. The number of oxazole rings is 1. The van der Waals surface area contributed by atoms with Crippen LogP contribution in [-0.2, 0) is 0 Å². The highest BCUT2D eigenvalue weighted by atomic mass is 16.4. The standard InChI is InChI=1S/C41H27N3O/c1-3-12-28(13-4-1)29-22-25-32(26-23-29)44(41-42-35-27-24-30-14-7-8-17-33(30)40(35)45-41)38-21-11-20-37-39(38)34-18-9-10-19-36(34)43(37)31-15-5-2-6-16-31/h1-27H. The third kappa shape index (κ3) is 4.11. The van der Waals surface area contributed by atoms with Crippen molar-refractivity contribution in [3.8, 4) is 16.8 Å². The molecule has 0 aliphatic rings. The molecule has 0 amide bonds. The van der Waals surface area contributed by atoms with Crippen LogP contribution in [-0.4, -0.2) is 9.55 Å². The fraction of sp³-hybridized carbons (Fsp3) is 0. The topological polar surface area (TPSA) is 34.2 Å². The normalized spacial score (nSPS) is 11.6. The molecule has 0 saturated carbocycles. The Morgan fingerprint density at radius 3 is 2.00 bits per heavy atom. The zero-order valence-corrected chi connectivity index (χ0v) is 24.3. The molecular formula is C41H27N3O. The number of hydrogen-bond donors (Lipinski definition) is 0. The van der Waals surface area contributed by atoms with Gasteiger partial charge in [-0.05, 0) is 65.0 Å².